The molecule has 0 aliphatic carbocycles. The minimum absolute atomic E-state index is 0.327. The fourth-order valence-corrected chi connectivity index (χ4v) is 3.05. The molecule has 1 atom stereocenters. The van der Waals surface area contributed by atoms with E-state index in [0.29, 0.717) is 16.6 Å². The van der Waals surface area contributed by atoms with E-state index in [1.54, 1.807) is 12.1 Å². The minimum atomic E-state index is -0.547. The zero-order valence-corrected chi connectivity index (χ0v) is 15.3. The summed E-state index contributed by atoms with van der Waals surface area (Å²) in [6.45, 7) is 2.71. The maximum atomic E-state index is 14.0. The molecule has 0 bridgehead atoms. The summed E-state index contributed by atoms with van der Waals surface area (Å²) in [5.74, 6) is 0.438. The van der Waals surface area contributed by atoms with Crippen molar-refractivity contribution >= 4 is 43.5 Å². The summed E-state index contributed by atoms with van der Waals surface area (Å²) in [5.41, 5.74) is 1.27. The first-order chi connectivity index (χ1) is 10.0. The molecule has 1 unspecified atom stereocenters. The molecule has 2 aromatic rings. The quantitative estimate of drug-likeness (QED) is 0.488. The number of benzene rings is 2. The number of alkyl halides is 1. The maximum Gasteiger partial charge on any atom is 0.133 e. The maximum absolute atomic E-state index is 14.0. The number of hydrogen-bond donors (Lipinski definition) is 0. The van der Waals surface area contributed by atoms with Crippen LogP contribution >= 0.6 is 43.5 Å². The molecule has 0 saturated heterocycles. The van der Waals surface area contributed by atoms with Crippen LogP contribution in [0.2, 0.25) is 0 Å². The lowest BCUT2D eigenvalue weighted by molar-refractivity contribution is 0.315. The van der Waals surface area contributed by atoms with Gasteiger partial charge < -0.3 is 4.74 Å². The summed E-state index contributed by atoms with van der Waals surface area (Å²) in [6, 6.07) is 10.5. The highest BCUT2D eigenvalue weighted by molar-refractivity contribution is 9.10. The molecular formula is C16H14Br2ClFO. The highest BCUT2D eigenvalue weighted by Crippen LogP contribution is 2.35. The smallest absolute Gasteiger partial charge is 0.133 e. The lowest BCUT2D eigenvalue weighted by Crippen LogP contribution is -1.99. The summed E-state index contributed by atoms with van der Waals surface area (Å²) < 4.78 is 21.1. The van der Waals surface area contributed by atoms with Crippen molar-refractivity contribution in [3.05, 3.63) is 62.3 Å². The molecule has 0 aliphatic heterocycles. The van der Waals surface area contributed by atoms with E-state index in [0.717, 1.165) is 22.2 Å². The lowest BCUT2D eigenvalue weighted by atomic mass is 10.0. The molecule has 0 radical (unpaired) electrons. The average Bonchev–Trinajstić information content (AvgIpc) is 2.45. The van der Waals surface area contributed by atoms with Gasteiger partial charge in [0, 0.05) is 10.0 Å². The van der Waals surface area contributed by atoms with Gasteiger partial charge in [-0.3, -0.25) is 0 Å². The molecular weight excluding hydrogens is 422 g/mol. The molecule has 0 aromatic heterocycles. The number of hydrogen-bond acceptors (Lipinski definition) is 1. The molecule has 0 N–H and O–H groups in total. The average molecular weight is 437 g/mol. The van der Waals surface area contributed by atoms with E-state index in [4.69, 9.17) is 16.3 Å². The van der Waals surface area contributed by atoms with E-state index >= 15 is 0 Å². The van der Waals surface area contributed by atoms with E-state index in [-0.39, 0.29) is 5.82 Å². The highest BCUT2D eigenvalue weighted by Gasteiger charge is 2.17. The Balaban J connectivity index is 2.27. The Morgan fingerprint density at radius 3 is 2.57 bits per heavy atom. The van der Waals surface area contributed by atoms with Gasteiger partial charge in [0.15, 0.2) is 0 Å². The van der Waals surface area contributed by atoms with Gasteiger partial charge in [0.1, 0.15) is 11.6 Å². The molecule has 21 heavy (non-hydrogen) atoms. The first kappa shape index (κ1) is 16.8. The lowest BCUT2D eigenvalue weighted by Gasteiger charge is -2.14. The molecule has 0 spiro atoms. The van der Waals surface area contributed by atoms with Crippen molar-refractivity contribution in [3.8, 4) is 5.75 Å². The van der Waals surface area contributed by atoms with Gasteiger partial charge in [0.2, 0.25) is 0 Å². The Bertz CT molecular complexity index is 634. The second-order valence-corrected chi connectivity index (χ2v) is 6.77. The van der Waals surface area contributed by atoms with Crippen LogP contribution in [0, 0.1) is 5.82 Å². The van der Waals surface area contributed by atoms with Gasteiger partial charge >= 0.3 is 0 Å². The van der Waals surface area contributed by atoms with E-state index in [9.17, 15) is 4.39 Å². The summed E-state index contributed by atoms with van der Waals surface area (Å²) in [6.07, 6.45) is 0.941. The molecule has 0 aliphatic rings. The summed E-state index contributed by atoms with van der Waals surface area (Å²) in [5, 5.41) is -0.547. The van der Waals surface area contributed by atoms with E-state index in [1.807, 2.05) is 25.1 Å². The number of halogens is 4. The van der Waals surface area contributed by atoms with E-state index in [2.05, 4.69) is 31.9 Å². The summed E-state index contributed by atoms with van der Waals surface area (Å²) in [4.78, 5) is 0. The molecule has 0 amide bonds. The SMILES string of the molecule is CCCOc1ccc(C(Cl)c2ccc(Br)cc2F)cc1Br. The normalized spacial score (nSPS) is 12.2. The zero-order valence-electron chi connectivity index (χ0n) is 11.4. The molecule has 2 aromatic carbocycles. The fourth-order valence-electron chi connectivity index (χ4n) is 1.89. The van der Waals surface area contributed by atoms with Gasteiger partial charge in [-0.2, -0.15) is 0 Å². The zero-order chi connectivity index (χ0) is 15.4. The van der Waals surface area contributed by atoms with Gasteiger partial charge in [-0.05, 0) is 52.2 Å². The monoisotopic (exact) mass is 434 g/mol. The third-order valence-electron chi connectivity index (χ3n) is 2.95. The van der Waals surface area contributed by atoms with Crippen LogP contribution in [0.3, 0.4) is 0 Å². The first-order valence-electron chi connectivity index (χ1n) is 6.54. The molecule has 112 valence electrons. The van der Waals surface area contributed by atoms with Gasteiger partial charge in [-0.25, -0.2) is 4.39 Å². The molecule has 0 heterocycles. The predicted molar refractivity (Wildman–Crippen MR) is 91.7 cm³/mol. The first-order valence-corrected chi connectivity index (χ1v) is 8.56. The van der Waals surface area contributed by atoms with Crippen molar-refractivity contribution in [1.29, 1.82) is 0 Å². The summed E-state index contributed by atoms with van der Waals surface area (Å²) in [7, 11) is 0. The van der Waals surface area contributed by atoms with Crippen LogP contribution in [0.15, 0.2) is 45.3 Å². The van der Waals surface area contributed by atoms with Crippen LogP contribution < -0.4 is 4.74 Å². The molecule has 2 rings (SSSR count). The van der Waals surface area contributed by atoms with E-state index < -0.39 is 5.38 Å². The fraction of sp³-hybridized carbons (Fsp3) is 0.250. The Kier molecular flexibility index (Phi) is 6.08. The van der Waals surface area contributed by atoms with Gasteiger partial charge in [0.05, 0.1) is 16.5 Å². The van der Waals surface area contributed by atoms with Crippen molar-refractivity contribution in [2.24, 2.45) is 0 Å². The second kappa shape index (κ2) is 7.61. The van der Waals surface area contributed by atoms with Gasteiger partial charge in [-0.1, -0.05) is 35.0 Å². The Hall–Kier alpha value is -0.580. The standard InChI is InChI=1S/C16H14Br2ClFO/c1-2-7-21-15-6-3-10(8-13(15)18)16(19)12-5-4-11(17)9-14(12)20/h3-6,8-9,16H,2,7H2,1H3. The highest BCUT2D eigenvalue weighted by atomic mass is 79.9. The van der Waals surface area contributed by atoms with Crippen molar-refractivity contribution in [1.82, 2.24) is 0 Å². The third-order valence-corrected chi connectivity index (χ3v) is 4.55. The number of ether oxygens (including phenoxy) is 1. The second-order valence-electron chi connectivity index (χ2n) is 4.57. The molecule has 0 saturated carbocycles. The minimum Gasteiger partial charge on any atom is -0.492 e. The topological polar surface area (TPSA) is 9.23 Å². The van der Waals surface area contributed by atoms with Crippen molar-refractivity contribution in [2.75, 3.05) is 6.61 Å². The predicted octanol–water partition coefficient (Wildman–Crippen LogP) is 6.47. The van der Waals surface area contributed by atoms with Crippen molar-refractivity contribution < 1.29 is 9.13 Å². The Morgan fingerprint density at radius 1 is 1.19 bits per heavy atom. The molecule has 1 nitrogen and oxygen atoms in total. The number of rotatable bonds is 5. The Morgan fingerprint density at radius 2 is 1.95 bits per heavy atom. The summed E-state index contributed by atoms with van der Waals surface area (Å²) >= 11 is 13.1. The van der Waals surface area contributed by atoms with Crippen molar-refractivity contribution in [2.45, 2.75) is 18.7 Å². The molecule has 0 fully saturated rings. The van der Waals surface area contributed by atoms with Crippen LogP contribution in [0.1, 0.15) is 29.8 Å². The van der Waals surface area contributed by atoms with E-state index in [1.165, 1.54) is 6.07 Å². The van der Waals surface area contributed by atoms with Crippen LogP contribution in [-0.4, -0.2) is 6.61 Å². The van der Waals surface area contributed by atoms with Gasteiger partial charge in [-0.15, -0.1) is 11.6 Å². The van der Waals surface area contributed by atoms with Crippen LogP contribution in [0.25, 0.3) is 0 Å². The third kappa shape index (κ3) is 4.21. The van der Waals surface area contributed by atoms with Crippen LogP contribution in [0.4, 0.5) is 4.39 Å². The Labute approximate surface area is 145 Å². The van der Waals surface area contributed by atoms with Crippen LogP contribution in [-0.2, 0) is 0 Å². The van der Waals surface area contributed by atoms with Gasteiger partial charge in [0.25, 0.3) is 0 Å². The van der Waals surface area contributed by atoms with Crippen molar-refractivity contribution in [3.63, 3.8) is 0 Å². The van der Waals surface area contributed by atoms with Crippen LogP contribution in [0.5, 0.6) is 5.75 Å². The molecule has 5 heteroatoms. The largest absolute Gasteiger partial charge is 0.492 e.